The van der Waals surface area contributed by atoms with Gasteiger partial charge in [0.05, 0.1) is 5.41 Å². The summed E-state index contributed by atoms with van der Waals surface area (Å²) < 4.78 is 41.5. The molecule has 1 aliphatic heterocycles. The smallest absolute Gasteiger partial charge is 0.287 e. The number of alkyl halides is 3. The third kappa shape index (κ3) is 2.75. The highest BCUT2D eigenvalue weighted by Gasteiger charge is 2.51. The van der Waals surface area contributed by atoms with Gasteiger partial charge in [0.2, 0.25) is 5.91 Å². The molecule has 1 aliphatic rings. The van der Waals surface area contributed by atoms with E-state index in [0.717, 1.165) is 15.8 Å². The number of hydrazine groups is 1. The fourth-order valence-electron chi connectivity index (χ4n) is 3.24. The quantitative estimate of drug-likeness (QED) is 0.894. The normalized spacial score (nSPS) is 19.5. The van der Waals surface area contributed by atoms with Crippen LogP contribution in [0.5, 0.6) is 0 Å². The molecule has 1 heterocycles. The second-order valence-electron chi connectivity index (χ2n) is 6.90. The summed E-state index contributed by atoms with van der Waals surface area (Å²) in [5.74, 6) is -0.393. The van der Waals surface area contributed by atoms with E-state index < -0.39 is 23.5 Å². The van der Waals surface area contributed by atoms with Crippen LogP contribution in [0.2, 0.25) is 0 Å². The van der Waals surface area contributed by atoms with Crippen LogP contribution in [0.15, 0.2) is 36.4 Å². The number of hydrogen-bond donors (Lipinski definition) is 1. The van der Waals surface area contributed by atoms with E-state index >= 15 is 0 Å². The second-order valence-corrected chi connectivity index (χ2v) is 6.90. The number of nitrogens with one attached hydrogen (secondary N) is 1. The van der Waals surface area contributed by atoms with E-state index in [0.29, 0.717) is 5.56 Å². The summed E-state index contributed by atoms with van der Waals surface area (Å²) in [6, 6.07) is 8.68. The third-order valence-electron chi connectivity index (χ3n) is 4.58. The van der Waals surface area contributed by atoms with Crippen molar-refractivity contribution in [2.45, 2.75) is 33.0 Å². The Bertz CT molecular complexity index is 798. The first kappa shape index (κ1) is 16.8. The summed E-state index contributed by atoms with van der Waals surface area (Å²) in [4.78, 5) is 11.9. The number of halogens is 3. The number of amides is 1. The van der Waals surface area contributed by atoms with Crippen LogP contribution in [0.4, 0.5) is 13.2 Å². The lowest BCUT2D eigenvalue weighted by atomic mass is 9.92. The minimum absolute atomic E-state index is 0.00226. The predicted octanol–water partition coefficient (Wildman–Crippen LogP) is 4.12. The van der Waals surface area contributed by atoms with Gasteiger partial charge in [0, 0.05) is 6.54 Å². The van der Waals surface area contributed by atoms with Gasteiger partial charge in [-0.1, -0.05) is 36.4 Å². The van der Waals surface area contributed by atoms with E-state index in [1.54, 1.807) is 26.8 Å². The van der Waals surface area contributed by atoms with Gasteiger partial charge in [-0.3, -0.25) is 10.2 Å². The molecular weight excluding hydrogens is 317 g/mol. The van der Waals surface area contributed by atoms with E-state index in [4.69, 9.17) is 0 Å². The summed E-state index contributed by atoms with van der Waals surface area (Å²) in [7, 11) is 0. The summed E-state index contributed by atoms with van der Waals surface area (Å²) in [6.07, 6.45) is -4.50. The van der Waals surface area contributed by atoms with Crippen LogP contribution < -0.4 is 5.43 Å². The van der Waals surface area contributed by atoms with E-state index in [1.165, 1.54) is 6.07 Å². The van der Waals surface area contributed by atoms with Crippen molar-refractivity contribution in [3.63, 3.8) is 0 Å². The van der Waals surface area contributed by atoms with E-state index in [-0.39, 0.29) is 12.1 Å². The minimum atomic E-state index is -4.50. The highest BCUT2D eigenvalue weighted by molar-refractivity contribution is 5.87. The molecule has 1 unspecified atom stereocenters. The third-order valence-corrected chi connectivity index (χ3v) is 4.58. The SMILES string of the molecule is Cc1c(C(N2CC(C)(C)C(=O)N2)C(F)(F)F)ccc2ccccc12. The van der Waals surface area contributed by atoms with E-state index in [1.807, 2.05) is 24.3 Å². The molecule has 1 amide bonds. The molecule has 0 aliphatic carbocycles. The number of carbonyl (C=O) groups excluding carboxylic acids is 1. The zero-order valence-electron chi connectivity index (χ0n) is 13.7. The van der Waals surface area contributed by atoms with Crippen LogP contribution in [0.25, 0.3) is 10.8 Å². The zero-order valence-corrected chi connectivity index (χ0v) is 13.7. The highest BCUT2D eigenvalue weighted by Crippen LogP contribution is 2.42. The number of aryl methyl sites for hydroxylation is 1. The molecule has 0 bridgehead atoms. The molecule has 1 atom stereocenters. The Morgan fingerprint density at radius 3 is 2.42 bits per heavy atom. The molecule has 1 fully saturated rings. The monoisotopic (exact) mass is 336 g/mol. The van der Waals surface area contributed by atoms with Gasteiger partial charge < -0.3 is 0 Å². The number of fused-ring (bicyclic) bond motifs is 1. The van der Waals surface area contributed by atoms with Crippen LogP contribution in [-0.2, 0) is 4.79 Å². The molecule has 0 aromatic heterocycles. The van der Waals surface area contributed by atoms with Crippen molar-refractivity contribution in [3.05, 3.63) is 47.5 Å². The molecule has 1 saturated heterocycles. The largest absolute Gasteiger partial charge is 0.409 e. The lowest BCUT2D eigenvalue weighted by Gasteiger charge is -2.31. The molecule has 3 rings (SSSR count). The van der Waals surface area contributed by atoms with Gasteiger partial charge >= 0.3 is 6.18 Å². The Kier molecular flexibility index (Phi) is 3.83. The van der Waals surface area contributed by atoms with E-state index in [9.17, 15) is 18.0 Å². The standard InChI is InChI=1S/C18H19F3N2O/c1-11-13-7-5-4-6-12(13)8-9-14(11)15(18(19,20)21)23-10-17(2,3)16(24)22-23/h4-9,15H,10H2,1-3H3,(H,22,24). The van der Waals surface area contributed by atoms with Crippen LogP contribution in [0, 0.1) is 12.3 Å². The number of carbonyl (C=O) groups is 1. The van der Waals surface area contributed by atoms with Gasteiger partial charge in [0.1, 0.15) is 6.04 Å². The number of rotatable bonds is 2. The lowest BCUT2D eigenvalue weighted by molar-refractivity contribution is -0.191. The van der Waals surface area contributed by atoms with Crippen LogP contribution in [0.1, 0.15) is 31.0 Å². The van der Waals surface area contributed by atoms with Gasteiger partial charge in [0.25, 0.3) is 0 Å². The molecule has 1 N–H and O–H groups in total. The molecular formula is C18H19F3N2O. The fourth-order valence-corrected chi connectivity index (χ4v) is 3.24. The van der Waals surface area contributed by atoms with Crippen LogP contribution in [0.3, 0.4) is 0 Å². The van der Waals surface area contributed by atoms with Gasteiger partial charge in [-0.15, -0.1) is 0 Å². The fraction of sp³-hybridized carbons (Fsp3) is 0.389. The first-order valence-corrected chi connectivity index (χ1v) is 7.74. The lowest BCUT2D eigenvalue weighted by Crippen LogP contribution is -2.43. The van der Waals surface area contributed by atoms with Gasteiger partial charge in [0.15, 0.2) is 0 Å². The number of nitrogens with zero attached hydrogens (tertiary/aromatic N) is 1. The van der Waals surface area contributed by atoms with E-state index in [2.05, 4.69) is 5.43 Å². The molecule has 2 aromatic rings. The van der Waals surface area contributed by atoms with Crippen molar-refractivity contribution >= 4 is 16.7 Å². The van der Waals surface area contributed by atoms with Crippen molar-refractivity contribution in [2.24, 2.45) is 5.41 Å². The maximum atomic E-state index is 13.8. The topological polar surface area (TPSA) is 32.3 Å². The second kappa shape index (κ2) is 5.48. The molecule has 0 radical (unpaired) electrons. The molecule has 0 saturated carbocycles. The Balaban J connectivity index is 2.12. The van der Waals surface area contributed by atoms with Crippen molar-refractivity contribution < 1.29 is 18.0 Å². The molecule has 3 nitrogen and oxygen atoms in total. The van der Waals surface area contributed by atoms with Crippen molar-refractivity contribution in [1.82, 2.24) is 10.4 Å². The Morgan fingerprint density at radius 1 is 1.17 bits per heavy atom. The van der Waals surface area contributed by atoms with Gasteiger partial charge in [-0.25, -0.2) is 5.01 Å². The van der Waals surface area contributed by atoms with Crippen molar-refractivity contribution in [2.75, 3.05) is 6.54 Å². The van der Waals surface area contributed by atoms with Gasteiger partial charge in [-0.2, -0.15) is 13.2 Å². The van der Waals surface area contributed by atoms with Crippen LogP contribution in [-0.4, -0.2) is 23.6 Å². The minimum Gasteiger partial charge on any atom is -0.287 e. The van der Waals surface area contributed by atoms with Gasteiger partial charge in [-0.05, 0) is 42.7 Å². The van der Waals surface area contributed by atoms with Crippen LogP contribution >= 0.6 is 0 Å². The Hall–Kier alpha value is -2.08. The number of benzene rings is 2. The summed E-state index contributed by atoms with van der Waals surface area (Å²) in [5.41, 5.74) is 2.29. The average Bonchev–Trinajstić information content (AvgIpc) is 2.74. The molecule has 2 aromatic carbocycles. The van der Waals surface area contributed by atoms with Crippen molar-refractivity contribution in [3.8, 4) is 0 Å². The molecule has 6 heteroatoms. The first-order valence-electron chi connectivity index (χ1n) is 7.74. The first-order chi connectivity index (χ1) is 11.1. The maximum Gasteiger partial charge on any atom is 0.409 e. The summed E-state index contributed by atoms with van der Waals surface area (Å²) in [6.45, 7) is 4.98. The highest BCUT2D eigenvalue weighted by atomic mass is 19.4. The molecule has 0 spiro atoms. The predicted molar refractivity (Wildman–Crippen MR) is 86.1 cm³/mol. The average molecular weight is 336 g/mol. The summed E-state index contributed by atoms with van der Waals surface area (Å²) in [5, 5.41) is 2.69. The number of hydrogen-bond acceptors (Lipinski definition) is 2. The summed E-state index contributed by atoms with van der Waals surface area (Å²) >= 11 is 0. The Morgan fingerprint density at radius 2 is 1.83 bits per heavy atom. The van der Waals surface area contributed by atoms with Crippen molar-refractivity contribution in [1.29, 1.82) is 0 Å². The molecule has 24 heavy (non-hydrogen) atoms. The zero-order chi connectivity index (χ0) is 17.7. The molecule has 128 valence electrons. The Labute approximate surface area is 138 Å². The maximum absolute atomic E-state index is 13.8.